The van der Waals surface area contributed by atoms with E-state index in [1.807, 2.05) is 0 Å². The Kier molecular flexibility index (Phi) is 49.5. The summed E-state index contributed by atoms with van der Waals surface area (Å²) in [6.07, 6.45) is 70.8. The van der Waals surface area contributed by atoms with Crippen LogP contribution in [0.15, 0.2) is 109 Å². The Hall–Kier alpha value is -3.93. The van der Waals surface area contributed by atoms with E-state index in [0.717, 1.165) is 103 Å². The number of hydrogen-bond acceptors (Lipinski definition) is 6. The van der Waals surface area contributed by atoms with Gasteiger partial charge in [-0.25, -0.2) is 0 Å². The number of rotatable bonds is 46. The lowest BCUT2D eigenvalue weighted by molar-refractivity contribution is -0.167. The quantitative estimate of drug-likeness (QED) is 0.0199. The van der Waals surface area contributed by atoms with E-state index in [1.165, 1.54) is 77.0 Å². The Morgan fingerprint density at radius 3 is 1.18 bits per heavy atom. The lowest BCUT2D eigenvalue weighted by Gasteiger charge is -2.18. The third-order valence-electron chi connectivity index (χ3n) is 10.8. The summed E-state index contributed by atoms with van der Waals surface area (Å²) in [6.45, 7) is 6.31. The molecule has 6 heteroatoms. The van der Waals surface area contributed by atoms with Crippen molar-refractivity contribution in [2.75, 3.05) is 13.2 Å². The monoisotopic (exact) mass is 901 g/mol. The molecule has 0 aromatic heterocycles. The minimum atomic E-state index is -0.813. The van der Waals surface area contributed by atoms with Crippen LogP contribution in [-0.2, 0) is 28.6 Å². The highest BCUT2D eigenvalue weighted by atomic mass is 16.6. The topological polar surface area (TPSA) is 78.9 Å². The van der Waals surface area contributed by atoms with Gasteiger partial charge in [0.25, 0.3) is 0 Å². The summed E-state index contributed by atoms with van der Waals surface area (Å²) in [5, 5.41) is 0. The maximum atomic E-state index is 12.8. The van der Waals surface area contributed by atoms with Crippen LogP contribution in [0.2, 0.25) is 0 Å². The first kappa shape index (κ1) is 61.1. The van der Waals surface area contributed by atoms with Crippen molar-refractivity contribution in [3.63, 3.8) is 0 Å². The fourth-order valence-corrected chi connectivity index (χ4v) is 6.88. The summed E-state index contributed by atoms with van der Waals surface area (Å²) in [7, 11) is 0. The van der Waals surface area contributed by atoms with E-state index in [9.17, 15) is 14.4 Å². The molecule has 0 aliphatic heterocycles. The number of ether oxygens (including phenoxy) is 3. The van der Waals surface area contributed by atoms with Gasteiger partial charge < -0.3 is 14.2 Å². The van der Waals surface area contributed by atoms with Crippen molar-refractivity contribution in [3.05, 3.63) is 109 Å². The fourth-order valence-electron chi connectivity index (χ4n) is 6.88. The van der Waals surface area contributed by atoms with E-state index in [2.05, 4.69) is 130 Å². The minimum absolute atomic E-state index is 0.110. The molecular weight excluding hydrogens is 805 g/mol. The van der Waals surface area contributed by atoms with Crippen molar-refractivity contribution < 1.29 is 28.6 Å². The number of esters is 3. The maximum Gasteiger partial charge on any atom is 0.306 e. The van der Waals surface area contributed by atoms with Crippen LogP contribution in [0.25, 0.3) is 0 Å². The lowest BCUT2D eigenvalue weighted by atomic mass is 10.1. The van der Waals surface area contributed by atoms with Crippen LogP contribution >= 0.6 is 0 Å². The van der Waals surface area contributed by atoms with Crippen LogP contribution in [0.3, 0.4) is 0 Å². The number of hydrogen-bond donors (Lipinski definition) is 0. The Balaban J connectivity index is 4.51. The fraction of sp³-hybridized carbons (Fsp3) is 0.644. The number of allylic oxidation sites excluding steroid dienone is 18. The van der Waals surface area contributed by atoms with Crippen LogP contribution in [0, 0.1) is 0 Å². The van der Waals surface area contributed by atoms with Gasteiger partial charge in [-0.3, -0.25) is 14.4 Å². The number of unbranched alkanes of at least 4 members (excludes halogenated alkanes) is 19. The van der Waals surface area contributed by atoms with Gasteiger partial charge in [-0.1, -0.05) is 214 Å². The second kappa shape index (κ2) is 52.7. The van der Waals surface area contributed by atoms with Gasteiger partial charge in [-0.2, -0.15) is 0 Å². The summed E-state index contributed by atoms with van der Waals surface area (Å²) in [5.41, 5.74) is 0. The van der Waals surface area contributed by atoms with Gasteiger partial charge in [-0.05, 0) is 103 Å². The molecule has 6 nitrogen and oxygen atoms in total. The molecule has 0 N–H and O–H groups in total. The molecule has 1 atom stereocenters. The van der Waals surface area contributed by atoms with Crippen molar-refractivity contribution in [1.29, 1.82) is 0 Å². The second-order valence-electron chi connectivity index (χ2n) is 17.1. The Morgan fingerprint density at radius 2 is 0.692 bits per heavy atom. The molecule has 65 heavy (non-hydrogen) atoms. The summed E-state index contributed by atoms with van der Waals surface area (Å²) in [6, 6.07) is 0. The van der Waals surface area contributed by atoms with E-state index in [-0.39, 0.29) is 37.5 Å². The standard InChI is InChI=1S/C59H96O6/c1-4-7-10-13-16-19-22-25-27-29-31-34-37-40-43-46-49-52-58(61)64-55-56(54-63-57(60)51-48-45-42-39-36-33-24-21-18-15-12-9-6-3)65-59(62)53-50-47-44-41-38-35-32-30-28-26-23-20-17-14-11-8-5-2/h7,9-10,12,15-16,18-19,21,24-28,31,34,40,43,56H,4-6,8,11,13-14,17,20,22-23,29-30,32-33,35-39,41-42,44-55H2,1-3H3/b10-7+,12-9+,18-15+,19-16+,24-21+,27-25+,28-26+,34-31+,43-40+. The molecule has 0 aliphatic rings. The van der Waals surface area contributed by atoms with Crippen LogP contribution < -0.4 is 0 Å². The molecular formula is C59H96O6. The van der Waals surface area contributed by atoms with E-state index in [0.29, 0.717) is 19.3 Å². The van der Waals surface area contributed by atoms with E-state index >= 15 is 0 Å². The zero-order chi connectivity index (χ0) is 47.2. The first-order valence-electron chi connectivity index (χ1n) is 26.4. The molecule has 0 rings (SSSR count). The summed E-state index contributed by atoms with van der Waals surface area (Å²) in [5.74, 6) is -0.997. The molecule has 368 valence electrons. The summed E-state index contributed by atoms with van der Waals surface area (Å²) >= 11 is 0. The third-order valence-corrected chi connectivity index (χ3v) is 10.8. The highest BCUT2D eigenvalue weighted by Gasteiger charge is 2.19. The van der Waals surface area contributed by atoms with Crippen molar-refractivity contribution >= 4 is 17.9 Å². The van der Waals surface area contributed by atoms with Gasteiger partial charge in [0.1, 0.15) is 13.2 Å². The molecule has 0 aromatic carbocycles. The molecule has 0 heterocycles. The van der Waals surface area contributed by atoms with Crippen LogP contribution in [-0.4, -0.2) is 37.2 Å². The smallest absolute Gasteiger partial charge is 0.306 e. The van der Waals surface area contributed by atoms with Crippen molar-refractivity contribution in [2.45, 2.75) is 232 Å². The first-order chi connectivity index (χ1) is 32.0. The second-order valence-corrected chi connectivity index (χ2v) is 17.1. The maximum absolute atomic E-state index is 12.8. The molecule has 0 bridgehead atoms. The minimum Gasteiger partial charge on any atom is -0.462 e. The van der Waals surface area contributed by atoms with Gasteiger partial charge in [-0.15, -0.1) is 0 Å². The molecule has 0 aliphatic carbocycles. The highest BCUT2D eigenvalue weighted by Crippen LogP contribution is 2.14. The predicted octanol–water partition coefficient (Wildman–Crippen LogP) is 17.5. The molecule has 0 aromatic rings. The summed E-state index contributed by atoms with van der Waals surface area (Å²) < 4.78 is 16.7. The zero-order valence-electron chi connectivity index (χ0n) is 42.0. The Labute approximate surface area is 400 Å². The van der Waals surface area contributed by atoms with Crippen molar-refractivity contribution in [2.24, 2.45) is 0 Å². The highest BCUT2D eigenvalue weighted by molar-refractivity contribution is 5.71. The predicted molar refractivity (Wildman–Crippen MR) is 279 cm³/mol. The largest absolute Gasteiger partial charge is 0.462 e. The number of carbonyl (C=O) groups is 3. The molecule has 0 radical (unpaired) electrons. The van der Waals surface area contributed by atoms with Crippen LogP contribution in [0.4, 0.5) is 0 Å². The molecule has 0 saturated heterocycles. The molecule has 0 saturated carbocycles. The Morgan fingerprint density at radius 1 is 0.338 bits per heavy atom. The van der Waals surface area contributed by atoms with Crippen molar-refractivity contribution in [3.8, 4) is 0 Å². The van der Waals surface area contributed by atoms with Crippen LogP contribution in [0.1, 0.15) is 226 Å². The third kappa shape index (κ3) is 50.9. The normalized spacial score (nSPS) is 13.0. The van der Waals surface area contributed by atoms with E-state index < -0.39 is 6.10 Å². The lowest BCUT2D eigenvalue weighted by Crippen LogP contribution is -2.30. The van der Waals surface area contributed by atoms with E-state index in [4.69, 9.17) is 14.2 Å². The molecule has 0 fully saturated rings. The van der Waals surface area contributed by atoms with Gasteiger partial charge >= 0.3 is 17.9 Å². The number of carbonyl (C=O) groups excluding carboxylic acids is 3. The van der Waals surface area contributed by atoms with Crippen LogP contribution in [0.5, 0.6) is 0 Å². The zero-order valence-corrected chi connectivity index (χ0v) is 42.0. The molecule has 0 amide bonds. The SMILES string of the molecule is CC/C=C/C=C/C=C/CCCCCCCC(=O)OCC(COC(=O)CCC/C=C/C/C=C/C/C=C/C/C=C/C/C=C/CC)OC(=O)CCCCCCCCC/C=C/CCCCCCCC. The van der Waals surface area contributed by atoms with E-state index in [1.54, 1.807) is 0 Å². The Bertz CT molecular complexity index is 1360. The van der Waals surface area contributed by atoms with Crippen molar-refractivity contribution in [1.82, 2.24) is 0 Å². The average molecular weight is 901 g/mol. The van der Waals surface area contributed by atoms with Gasteiger partial charge in [0.2, 0.25) is 0 Å². The van der Waals surface area contributed by atoms with Gasteiger partial charge in [0, 0.05) is 19.3 Å². The summed E-state index contributed by atoms with van der Waals surface area (Å²) in [4.78, 5) is 38.0. The molecule has 1 unspecified atom stereocenters. The first-order valence-corrected chi connectivity index (χ1v) is 26.4. The van der Waals surface area contributed by atoms with Gasteiger partial charge in [0.05, 0.1) is 0 Å². The van der Waals surface area contributed by atoms with Gasteiger partial charge in [0.15, 0.2) is 6.10 Å². The molecule has 0 spiro atoms. The average Bonchev–Trinajstić information content (AvgIpc) is 3.30.